The monoisotopic (exact) mass is 195 g/mol. The van der Waals surface area contributed by atoms with E-state index in [0.717, 1.165) is 18.8 Å². The van der Waals surface area contributed by atoms with Gasteiger partial charge < -0.3 is 4.90 Å². The largest absolute Gasteiger partial charge is 0.300 e. The number of hydrogen-bond donors (Lipinski definition) is 0. The molecule has 0 aliphatic carbocycles. The number of hydrogen-bond acceptors (Lipinski definition) is 4. The third-order valence-corrected chi connectivity index (χ3v) is 2.78. The molecule has 3 nitrogen and oxygen atoms in total. The van der Waals surface area contributed by atoms with Crippen molar-refractivity contribution in [3.63, 3.8) is 0 Å². The Morgan fingerprint density at radius 3 is 3.00 bits per heavy atom. The third kappa shape index (κ3) is 3.13. The molecule has 0 radical (unpaired) electrons. The molecule has 70 valence electrons. The summed E-state index contributed by atoms with van der Waals surface area (Å²) in [4.78, 5) is 7.61. The van der Waals surface area contributed by atoms with Crippen LogP contribution in [-0.2, 0) is 6.54 Å². The molecule has 13 heavy (non-hydrogen) atoms. The zero-order valence-corrected chi connectivity index (χ0v) is 8.77. The molecule has 0 aliphatic rings. The average molecular weight is 195 g/mol. The van der Waals surface area contributed by atoms with Gasteiger partial charge in [-0.3, -0.25) is 0 Å². The highest BCUT2D eigenvalue weighted by Crippen LogP contribution is 2.13. The van der Waals surface area contributed by atoms with E-state index in [0.29, 0.717) is 6.42 Å². The Balaban J connectivity index is 2.41. The Kier molecular flexibility index (Phi) is 3.87. The molecule has 1 aromatic rings. The zero-order valence-electron chi connectivity index (χ0n) is 7.95. The summed E-state index contributed by atoms with van der Waals surface area (Å²) in [5.41, 5.74) is 2.97. The van der Waals surface area contributed by atoms with E-state index in [9.17, 15) is 0 Å². The van der Waals surface area contributed by atoms with Crippen molar-refractivity contribution < 1.29 is 0 Å². The molecule has 1 rings (SSSR count). The number of thiazole rings is 1. The lowest BCUT2D eigenvalue weighted by atomic mass is 10.3. The van der Waals surface area contributed by atoms with Crippen LogP contribution in [0.25, 0.3) is 0 Å². The third-order valence-electron chi connectivity index (χ3n) is 1.86. The van der Waals surface area contributed by atoms with Gasteiger partial charge in [0, 0.05) is 24.4 Å². The topological polar surface area (TPSA) is 39.9 Å². The zero-order chi connectivity index (χ0) is 9.68. The van der Waals surface area contributed by atoms with E-state index < -0.39 is 0 Å². The Morgan fingerprint density at radius 1 is 1.69 bits per heavy atom. The average Bonchev–Trinajstić information content (AvgIpc) is 2.48. The summed E-state index contributed by atoms with van der Waals surface area (Å²) in [6.07, 6.45) is 0.592. The standard InChI is InChI=1S/C9H13N3S/c1-8-9(13-7-11-8)6-12(2)5-3-4-10/h7H,3,5-6H2,1-2H3. The van der Waals surface area contributed by atoms with Gasteiger partial charge in [0.05, 0.1) is 17.3 Å². The minimum atomic E-state index is 0.592. The van der Waals surface area contributed by atoms with Crippen LogP contribution in [0.15, 0.2) is 5.51 Å². The maximum Gasteiger partial charge on any atom is 0.0798 e. The second kappa shape index (κ2) is 4.95. The Hall–Kier alpha value is -0.920. The van der Waals surface area contributed by atoms with Crippen LogP contribution in [0.3, 0.4) is 0 Å². The minimum Gasteiger partial charge on any atom is -0.300 e. The van der Waals surface area contributed by atoms with Gasteiger partial charge in [0.1, 0.15) is 0 Å². The first kappa shape index (κ1) is 10.2. The molecule has 0 aliphatic heterocycles. The fourth-order valence-electron chi connectivity index (χ4n) is 1.04. The van der Waals surface area contributed by atoms with Crippen LogP contribution in [0.5, 0.6) is 0 Å². The number of aryl methyl sites for hydroxylation is 1. The van der Waals surface area contributed by atoms with E-state index in [2.05, 4.69) is 16.0 Å². The quantitative estimate of drug-likeness (QED) is 0.735. The van der Waals surface area contributed by atoms with Crippen LogP contribution in [0.4, 0.5) is 0 Å². The summed E-state index contributed by atoms with van der Waals surface area (Å²) in [6, 6.07) is 2.14. The van der Waals surface area contributed by atoms with Crippen molar-refractivity contribution in [2.45, 2.75) is 19.9 Å². The molecule has 0 amide bonds. The van der Waals surface area contributed by atoms with Crippen molar-refractivity contribution in [3.8, 4) is 6.07 Å². The van der Waals surface area contributed by atoms with Gasteiger partial charge in [-0.25, -0.2) is 4.98 Å². The molecule has 0 atom stereocenters. The number of rotatable bonds is 4. The molecular weight excluding hydrogens is 182 g/mol. The molecule has 0 N–H and O–H groups in total. The van der Waals surface area contributed by atoms with Gasteiger partial charge in [0.25, 0.3) is 0 Å². The molecular formula is C9H13N3S. The van der Waals surface area contributed by atoms with Gasteiger partial charge >= 0.3 is 0 Å². The summed E-state index contributed by atoms with van der Waals surface area (Å²) in [7, 11) is 2.02. The maximum atomic E-state index is 8.41. The van der Waals surface area contributed by atoms with E-state index in [1.807, 2.05) is 19.5 Å². The predicted molar refractivity (Wildman–Crippen MR) is 53.4 cm³/mol. The van der Waals surface area contributed by atoms with Gasteiger partial charge in [-0.2, -0.15) is 5.26 Å². The van der Waals surface area contributed by atoms with Crippen molar-refractivity contribution in [1.29, 1.82) is 5.26 Å². The summed E-state index contributed by atoms with van der Waals surface area (Å²) in [5.74, 6) is 0. The highest BCUT2D eigenvalue weighted by molar-refractivity contribution is 7.09. The lowest BCUT2D eigenvalue weighted by molar-refractivity contribution is 0.337. The Labute approximate surface area is 82.6 Å². The second-order valence-corrected chi connectivity index (χ2v) is 3.95. The van der Waals surface area contributed by atoms with Crippen molar-refractivity contribution in [2.24, 2.45) is 0 Å². The molecule has 4 heteroatoms. The van der Waals surface area contributed by atoms with Crippen LogP contribution in [0.2, 0.25) is 0 Å². The highest BCUT2D eigenvalue weighted by atomic mass is 32.1. The highest BCUT2D eigenvalue weighted by Gasteiger charge is 2.04. The first-order chi connectivity index (χ1) is 6.24. The number of nitriles is 1. The maximum absolute atomic E-state index is 8.41. The van der Waals surface area contributed by atoms with Gasteiger partial charge in [-0.05, 0) is 14.0 Å². The van der Waals surface area contributed by atoms with E-state index in [1.54, 1.807) is 11.3 Å². The number of aromatic nitrogens is 1. The van der Waals surface area contributed by atoms with E-state index in [-0.39, 0.29) is 0 Å². The molecule has 0 aromatic carbocycles. The molecule has 0 saturated heterocycles. The molecule has 1 aromatic heterocycles. The summed E-state index contributed by atoms with van der Waals surface area (Å²) >= 11 is 1.68. The fraction of sp³-hybridized carbons (Fsp3) is 0.556. The van der Waals surface area contributed by atoms with Crippen LogP contribution >= 0.6 is 11.3 Å². The minimum absolute atomic E-state index is 0.592. The first-order valence-electron chi connectivity index (χ1n) is 4.18. The molecule has 0 saturated carbocycles. The van der Waals surface area contributed by atoms with Crippen LogP contribution < -0.4 is 0 Å². The molecule has 1 heterocycles. The van der Waals surface area contributed by atoms with Crippen LogP contribution in [-0.4, -0.2) is 23.5 Å². The van der Waals surface area contributed by atoms with Gasteiger partial charge in [0.2, 0.25) is 0 Å². The normalized spacial score (nSPS) is 10.3. The van der Waals surface area contributed by atoms with Gasteiger partial charge in [0.15, 0.2) is 0 Å². The first-order valence-corrected chi connectivity index (χ1v) is 5.06. The van der Waals surface area contributed by atoms with Crippen LogP contribution in [0, 0.1) is 18.3 Å². The van der Waals surface area contributed by atoms with Crippen molar-refractivity contribution in [2.75, 3.05) is 13.6 Å². The summed E-state index contributed by atoms with van der Waals surface area (Å²) in [6.45, 7) is 3.75. The second-order valence-electron chi connectivity index (χ2n) is 3.01. The lowest BCUT2D eigenvalue weighted by Crippen LogP contribution is -2.18. The van der Waals surface area contributed by atoms with E-state index in [4.69, 9.17) is 5.26 Å². The van der Waals surface area contributed by atoms with Gasteiger partial charge in [-0.15, -0.1) is 11.3 Å². The molecule has 0 bridgehead atoms. The Morgan fingerprint density at radius 2 is 2.46 bits per heavy atom. The lowest BCUT2D eigenvalue weighted by Gasteiger charge is -2.13. The molecule has 0 fully saturated rings. The van der Waals surface area contributed by atoms with Crippen LogP contribution in [0.1, 0.15) is 17.0 Å². The summed E-state index contributed by atoms with van der Waals surface area (Å²) in [5, 5.41) is 8.41. The van der Waals surface area contributed by atoms with Crippen molar-refractivity contribution >= 4 is 11.3 Å². The summed E-state index contributed by atoms with van der Waals surface area (Å²) < 4.78 is 0. The molecule has 0 unspecified atom stereocenters. The van der Waals surface area contributed by atoms with Crippen molar-refractivity contribution in [1.82, 2.24) is 9.88 Å². The van der Waals surface area contributed by atoms with E-state index in [1.165, 1.54) is 4.88 Å². The van der Waals surface area contributed by atoms with Gasteiger partial charge in [-0.1, -0.05) is 0 Å². The number of nitrogens with zero attached hydrogens (tertiary/aromatic N) is 3. The SMILES string of the molecule is Cc1ncsc1CN(C)CCC#N. The fourth-order valence-corrected chi connectivity index (χ4v) is 1.90. The predicted octanol–water partition coefficient (Wildman–Crippen LogP) is 1.80. The smallest absolute Gasteiger partial charge is 0.0798 e. The molecule has 0 spiro atoms. The Bertz CT molecular complexity index is 300. The van der Waals surface area contributed by atoms with E-state index >= 15 is 0 Å². The van der Waals surface area contributed by atoms with Crippen molar-refractivity contribution in [3.05, 3.63) is 16.1 Å².